The van der Waals surface area contributed by atoms with Gasteiger partial charge >= 0.3 is 0 Å². The molecule has 1 aliphatic heterocycles. The van der Waals surface area contributed by atoms with Crippen molar-refractivity contribution in [2.45, 2.75) is 38.5 Å². The quantitative estimate of drug-likeness (QED) is 0.718. The number of carbonyl (C=O) groups is 1. The van der Waals surface area contributed by atoms with E-state index in [-0.39, 0.29) is 5.91 Å². The highest BCUT2D eigenvalue weighted by Crippen LogP contribution is 2.21. The Morgan fingerprint density at radius 3 is 2.71 bits per heavy atom. The van der Waals surface area contributed by atoms with Crippen LogP contribution in [0, 0.1) is 0 Å². The van der Waals surface area contributed by atoms with Crippen LogP contribution in [-0.4, -0.2) is 37.2 Å². The van der Waals surface area contributed by atoms with Gasteiger partial charge in [-0.25, -0.2) is 0 Å². The van der Waals surface area contributed by atoms with E-state index in [0.717, 1.165) is 16.8 Å². The van der Waals surface area contributed by atoms with Crippen molar-refractivity contribution in [1.29, 1.82) is 0 Å². The molecule has 0 spiro atoms. The highest BCUT2D eigenvalue weighted by molar-refractivity contribution is 5.76. The molecule has 0 fully saturated rings. The van der Waals surface area contributed by atoms with Crippen LogP contribution in [0.3, 0.4) is 0 Å². The molecular weight excluding hydrogens is 352 g/mol. The molecule has 1 aromatic carbocycles. The van der Waals surface area contributed by atoms with E-state index in [4.69, 9.17) is 0 Å². The zero-order valence-electron chi connectivity index (χ0n) is 15.7. The summed E-state index contributed by atoms with van der Waals surface area (Å²) in [5.74, 6) is 0.141. The van der Waals surface area contributed by atoms with Gasteiger partial charge in [-0.1, -0.05) is 36.4 Å². The van der Waals surface area contributed by atoms with E-state index < -0.39 is 6.10 Å². The van der Waals surface area contributed by atoms with Crippen LogP contribution in [0.5, 0.6) is 0 Å². The molecule has 0 bridgehead atoms. The number of hydrogen-bond acceptors (Lipinski definition) is 4. The van der Waals surface area contributed by atoms with E-state index in [2.05, 4.69) is 10.1 Å². The summed E-state index contributed by atoms with van der Waals surface area (Å²) in [6.45, 7) is 1.84. The Bertz CT molecular complexity index is 924. The third-order valence-corrected chi connectivity index (χ3v) is 5.13. The summed E-state index contributed by atoms with van der Waals surface area (Å²) in [4.78, 5) is 18.6. The first-order valence-electron chi connectivity index (χ1n) is 9.64. The maximum atomic E-state index is 12.6. The van der Waals surface area contributed by atoms with Gasteiger partial charge in [0.2, 0.25) is 5.91 Å². The topological polar surface area (TPSA) is 71.2 Å². The van der Waals surface area contributed by atoms with Crippen LogP contribution >= 0.6 is 0 Å². The van der Waals surface area contributed by atoms with E-state index >= 15 is 0 Å². The summed E-state index contributed by atoms with van der Waals surface area (Å²) >= 11 is 0. The fourth-order valence-corrected chi connectivity index (χ4v) is 3.56. The molecule has 0 unspecified atom stereocenters. The number of aryl methyl sites for hydroxylation is 1. The fraction of sp³-hybridized carbons (Fsp3) is 0.318. The highest BCUT2D eigenvalue weighted by Gasteiger charge is 2.24. The highest BCUT2D eigenvalue weighted by atomic mass is 16.3. The van der Waals surface area contributed by atoms with Crippen molar-refractivity contribution in [3.63, 3.8) is 0 Å². The average molecular weight is 376 g/mol. The minimum Gasteiger partial charge on any atom is -0.386 e. The fourth-order valence-electron chi connectivity index (χ4n) is 3.56. The van der Waals surface area contributed by atoms with Gasteiger partial charge in [0.15, 0.2) is 0 Å². The molecule has 28 heavy (non-hydrogen) atoms. The van der Waals surface area contributed by atoms with Gasteiger partial charge in [-0.3, -0.25) is 14.5 Å². The van der Waals surface area contributed by atoms with E-state index in [1.54, 1.807) is 12.4 Å². The molecule has 3 heterocycles. The second kappa shape index (κ2) is 8.35. The van der Waals surface area contributed by atoms with Crippen LogP contribution in [0.1, 0.15) is 35.0 Å². The maximum Gasteiger partial charge on any atom is 0.223 e. The Labute approximate surface area is 164 Å². The van der Waals surface area contributed by atoms with Gasteiger partial charge in [0.05, 0.1) is 24.5 Å². The molecule has 2 aromatic heterocycles. The molecule has 1 aliphatic rings. The summed E-state index contributed by atoms with van der Waals surface area (Å²) in [7, 11) is 0. The van der Waals surface area contributed by atoms with Crippen molar-refractivity contribution in [2.75, 3.05) is 6.54 Å². The predicted molar refractivity (Wildman–Crippen MR) is 105 cm³/mol. The number of amides is 1. The summed E-state index contributed by atoms with van der Waals surface area (Å²) in [5.41, 5.74) is 3.80. The molecule has 0 aliphatic carbocycles. The van der Waals surface area contributed by atoms with Crippen molar-refractivity contribution in [1.82, 2.24) is 19.7 Å². The lowest BCUT2D eigenvalue weighted by Crippen LogP contribution is -2.38. The van der Waals surface area contributed by atoms with Crippen LogP contribution < -0.4 is 0 Å². The first kappa shape index (κ1) is 18.4. The van der Waals surface area contributed by atoms with Gasteiger partial charge in [0.25, 0.3) is 0 Å². The zero-order chi connectivity index (χ0) is 19.3. The van der Waals surface area contributed by atoms with Crippen molar-refractivity contribution in [2.24, 2.45) is 0 Å². The maximum absolute atomic E-state index is 12.6. The largest absolute Gasteiger partial charge is 0.386 e. The number of pyridine rings is 1. The Kier molecular flexibility index (Phi) is 5.48. The normalized spacial score (nSPS) is 14.5. The number of aromatic nitrogens is 3. The van der Waals surface area contributed by atoms with Gasteiger partial charge in [-0.2, -0.15) is 5.10 Å². The third kappa shape index (κ3) is 4.28. The molecule has 0 saturated heterocycles. The standard InChI is InChI=1S/C22H24N4O2/c27-21(13-17-5-2-1-3-6-17)20-14-19-16-25(11-12-26(19)24-20)22(28)9-8-18-7-4-10-23-15-18/h1-7,10,14-15,21,27H,8-9,11-13,16H2/t21-/m0/s1. The third-order valence-electron chi connectivity index (χ3n) is 5.13. The van der Waals surface area contributed by atoms with Gasteiger partial charge in [0, 0.05) is 31.8 Å². The van der Waals surface area contributed by atoms with Crippen LogP contribution in [0.25, 0.3) is 0 Å². The molecule has 0 radical (unpaired) electrons. The minimum absolute atomic E-state index is 0.141. The SMILES string of the molecule is O=C(CCc1cccnc1)N1CCn2nc([C@@H](O)Cc3ccccc3)cc2C1. The molecule has 6 nitrogen and oxygen atoms in total. The van der Waals surface area contributed by atoms with Crippen molar-refractivity contribution in [3.05, 3.63) is 83.4 Å². The van der Waals surface area contributed by atoms with Crippen LogP contribution in [-0.2, 0) is 30.7 Å². The van der Waals surface area contributed by atoms with Crippen molar-refractivity contribution in [3.8, 4) is 0 Å². The lowest BCUT2D eigenvalue weighted by molar-refractivity contribution is -0.132. The van der Waals surface area contributed by atoms with Crippen LogP contribution in [0.2, 0.25) is 0 Å². The number of fused-ring (bicyclic) bond motifs is 1. The minimum atomic E-state index is -0.643. The van der Waals surface area contributed by atoms with Gasteiger partial charge in [0.1, 0.15) is 6.10 Å². The van der Waals surface area contributed by atoms with E-state index in [1.807, 2.05) is 58.1 Å². The second-order valence-corrected chi connectivity index (χ2v) is 7.17. The number of aliphatic hydroxyl groups is 1. The number of nitrogens with zero attached hydrogens (tertiary/aromatic N) is 4. The Morgan fingerprint density at radius 2 is 1.93 bits per heavy atom. The lowest BCUT2D eigenvalue weighted by atomic mass is 10.1. The second-order valence-electron chi connectivity index (χ2n) is 7.17. The summed E-state index contributed by atoms with van der Waals surface area (Å²) in [6.07, 6.45) is 4.60. The molecule has 1 amide bonds. The van der Waals surface area contributed by atoms with Crippen molar-refractivity contribution >= 4 is 5.91 Å². The van der Waals surface area contributed by atoms with Crippen molar-refractivity contribution < 1.29 is 9.90 Å². The molecule has 4 rings (SSSR count). The predicted octanol–water partition coefficient (Wildman–Crippen LogP) is 2.53. The van der Waals surface area contributed by atoms with Crippen LogP contribution in [0.15, 0.2) is 60.9 Å². The summed E-state index contributed by atoms with van der Waals surface area (Å²) in [5, 5.41) is 15.1. The number of aliphatic hydroxyl groups excluding tert-OH is 1. The molecule has 1 atom stereocenters. The van der Waals surface area contributed by atoms with Gasteiger partial charge in [-0.15, -0.1) is 0 Å². The first-order chi connectivity index (χ1) is 13.7. The first-order valence-corrected chi connectivity index (χ1v) is 9.64. The molecule has 6 heteroatoms. The zero-order valence-corrected chi connectivity index (χ0v) is 15.7. The monoisotopic (exact) mass is 376 g/mol. The lowest BCUT2D eigenvalue weighted by Gasteiger charge is -2.27. The Balaban J connectivity index is 1.36. The van der Waals surface area contributed by atoms with E-state index in [1.165, 1.54) is 0 Å². The molecule has 1 N–H and O–H groups in total. The smallest absolute Gasteiger partial charge is 0.223 e. The molecule has 3 aromatic rings. The molecular formula is C22H24N4O2. The van der Waals surface area contributed by atoms with Crippen LogP contribution in [0.4, 0.5) is 0 Å². The average Bonchev–Trinajstić information content (AvgIpc) is 3.17. The van der Waals surface area contributed by atoms with Gasteiger partial charge < -0.3 is 10.0 Å². The molecule has 0 saturated carbocycles. The Morgan fingerprint density at radius 1 is 1.11 bits per heavy atom. The number of hydrogen-bond donors (Lipinski definition) is 1. The number of rotatable bonds is 6. The number of carbonyl (C=O) groups excluding carboxylic acids is 1. The molecule has 144 valence electrons. The number of benzene rings is 1. The van der Waals surface area contributed by atoms with E-state index in [0.29, 0.717) is 44.6 Å². The van der Waals surface area contributed by atoms with E-state index in [9.17, 15) is 9.90 Å². The summed E-state index contributed by atoms with van der Waals surface area (Å²) in [6, 6.07) is 15.7. The summed E-state index contributed by atoms with van der Waals surface area (Å²) < 4.78 is 1.91. The van der Waals surface area contributed by atoms with Gasteiger partial charge in [-0.05, 0) is 29.7 Å². The Hall–Kier alpha value is -2.99.